The van der Waals surface area contributed by atoms with Crippen molar-refractivity contribution < 1.29 is 9.66 Å². The molecule has 0 spiro atoms. The number of nitro benzene ring substituents is 1. The second kappa shape index (κ2) is 5.63. The molecule has 4 rings (SSSR count). The molecule has 0 unspecified atom stereocenters. The number of fused-ring (bicyclic) bond motifs is 3. The van der Waals surface area contributed by atoms with Crippen LogP contribution in [0.2, 0.25) is 0 Å². The van der Waals surface area contributed by atoms with Crippen molar-refractivity contribution in [3.8, 4) is 5.75 Å². The first-order chi connectivity index (χ1) is 11.7. The molecule has 0 amide bonds. The Morgan fingerprint density at radius 3 is 2.75 bits per heavy atom. The van der Waals surface area contributed by atoms with Gasteiger partial charge in [-0.15, -0.1) is 0 Å². The summed E-state index contributed by atoms with van der Waals surface area (Å²) in [5.74, 6) is 1.15. The van der Waals surface area contributed by atoms with Crippen molar-refractivity contribution in [1.29, 1.82) is 0 Å². The predicted molar refractivity (Wildman–Crippen MR) is 90.3 cm³/mol. The molecule has 0 aromatic heterocycles. The maximum Gasteiger partial charge on any atom is 0.269 e. The first kappa shape index (κ1) is 14.7. The minimum Gasteiger partial charge on any atom is -0.497 e. The Hall–Kier alpha value is -2.89. The molecule has 2 atom stereocenters. The highest BCUT2D eigenvalue weighted by Crippen LogP contribution is 2.39. The number of nitrogens with zero attached hydrogens (tertiary/aromatic N) is 2. The van der Waals surface area contributed by atoms with Crippen LogP contribution in [0.5, 0.6) is 5.75 Å². The third-order valence-corrected chi connectivity index (χ3v) is 4.85. The highest BCUT2D eigenvalue weighted by molar-refractivity contribution is 6.05. The monoisotopic (exact) mass is 323 g/mol. The Labute approximate surface area is 139 Å². The SMILES string of the molecule is COc1ccc2c(c1)CC[C@H]1C2=NN[C@H]1c1ccc([N+](=O)[O-])cc1. The van der Waals surface area contributed by atoms with Gasteiger partial charge in [0, 0.05) is 23.6 Å². The number of aryl methyl sites for hydroxylation is 1. The molecule has 6 nitrogen and oxygen atoms in total. The summed E-state index contributed by atoms with van der Waals surface area (Å²) in [5, 5.41) is 15.4. The average Bonchev–Trinajstić information content (AvgIpc) is 3.05. The topological polar surface area (TPSA) is 76.8 Å². The normalized spacial score (nSPS) is 21.3. The Kier molecular flexibility index (Phi) is 3.45. The number of hydrogen-bond acceptors (Lipinski definition) is 5. The van der Waals surface area contributed by atoms with Crippen molar-refractivity contribution >= 4 is 11.4 Å². The summed E-state index contributed by atoms with van der Waals surface area (Å²) >= 11 is 0. The van der Waals surface area contributed by atoms with Crippen LogP contribution in [0.3, 0.4) is 0 Å². The van der Waals surface area contributed by atoms with E-state index in [2.05, 4.69) is 22.7 Å². The summed E-state index contributed by atoms with van der Waals surface area (Å²) in [6.45, 7) is 0. The van der Waals surface area contributed by atoms with Gasteiger partial charge in [-0.05, 0) is 42.2 Å². The van der Waals surface area contributed by atoms with E-state index in [1.54, 1.807) is 19.2 Å². The van der Waals surface area contributed by atoms with Crippen molar-refractivity contribution in [2.75, 3.05) is 7.11 Å². The van der Waals surface area contributed by atoms with E-state index in [9.17, 15) is 10.1 Å². The number of methoxy groups -OCH3 is 1. The zero-order valence-corrected chi connectivity index (χ0v) is 13.2. The highest BCUT2D eigenvalue weighted by atomic mass is 16.6. The number of hydrogen-bond donors (Lipinski definition) is 1. The maximum absolute atomic E-state index is 10.8. The summed E-state index contributed by atoms with van der Waals surface area (Å²) in [5.41, 5.74) is 7.86. The third kappa shape index (κ3) is 2.31. The molecule has 2 aliphatic rings. The van der Waals surface area contributed by atoms with E-state index in [0.717, 1.165) is 29.9 Å². The first-order valence-electron chi connectivity index (χ1n) is 7.92. The van der Waals surface area contributed by atoms with Crippen LogP contribution in [-0.2, 0) is 6.42 Å². The summed E-state index contributed by atoms with van der Waals surface area (Å²) in [7, 11) is 1.67. The molecule has 0 saturated heterocycles. The van der Waals surface area contributed by atoms with Crippen LogP contribution in [0.1, 0.15) is 29.2 Å². The molecule has 0 bridgehead atoms. The average molecular weight is 323 g/mol. The quantitative estimate of drug-likeness (QED) is 0.695. The molecule has 2 aromatic carbocycles. The molecule has 122 valence electrons. The summed E-state index contributed by atoms with van der Waals surface area (Å²) < 4.78 is 5.30. The summed E-state index contributed by atoms with van der Waals surface area (Å²) in [6.07, 6.45) is 1.97. The fourth-order valence-corrected chi connectivity index (χ4v) is 3.61. The van der Waals surface area contributed by atoms with Gasteiger partial charge in [0.25, 0.3) is 5.69 Å². The number of benzene rings is 2. The van der Waals surface area contributed by atoms with Gasteiger partial charge in [0.1, 0.15) is 5.75 Å². The lowest BCUT2D eigenvalue weighted by Gasteiger charge is -2.26. The van der Waals surface area contributed by atoms with Crippen molar-refractivity contribution in [2.45, 2.75) is 18.9 Å². The van der Waals surface area contributed by atoms with Crippen LogP contribution in [0.4, 0.5) is 5.69 Å². The van der Waals surface area contributed by atoms with E-state index in [4.69, 9.17) is 4.74 Å². The Bertz CT molecular complexity index is 830. The van der Waals surface area contributed by atoms with E-state index < -0.39 is 0 Å². The molecule has 0 fully saturated rings. The minimum atomic E-state index is -0.377. The molecule has 1 N–H and O–H groups in total. The lowest BCUT2D eigenvalue weighted by Crippen LogP contribution is -2.26. The van der Waals surface area contributed by atoms with Gasteiger partial charge in [0.15, 0.2) is 0 Å². The molecule has 0 radical (unpaired) electrons. The smallest absolute Gasteiger partial charge is 0.269 e. The first-order valence-corrected chi connectivity index (χ1v) is 7.92. The van der Waals surface area contributed by atoms with Gasteiger partial charge in [0.05, 0.1) is 23.8 Å². The third-order valence-electron chi connectivity index (χ3n) is 4.85. The van der Waals surface area contributed by atoms with Gasteiger partial charge in [-0.2, -0.15) is 5.10 Å². The van der Waals surface area contributed by atoms with Gasteiger partial charge >= 0.3 is 0 Å². The highest BCUT2D eigenvalue weighted by Gasteiger charge is 2.37. The largest absolute Gasteiger partial charge is 0.497 e. The van der Waals surface area contributed by atoms with Crippen molar-refractivity contribution in [1.82, 2.24) is 5.43 Å². The summed E-state index contributed by atoms with van der Waals surface area (Å²) in [6, 6.07) is 12.9. The second-order valence-corrected chi connectivity index (χ2v) is 6.12. The van der Waals surface area contributed by atoms with E-state index in [1.165, 1.54) is 11.1 Å². The Morgan fingerprint density at radius 1 is 1.25 bits per heavy atom. The fraction of sp³-hybridized carbons (Fsp3) is 0.278. The number of hydrazone groups is 1. The molecule has 24 heavy (non-hydrogen) atoms. The predicted octanol–water partition coefficient (Wildman–Crippen LogP) is 3.21. The van der Waals surface area contributed by atoms with Crippen molar-refractivity contribution in [2.24, 2.45) is 11.0 Å². The number of nitrogens with one attached hydrogen (secondary N) is 1. The number of nitro groups is 1. The van der Waals surface area contributed by atoms with Crippen LogP contribution in [-0.4, -0.2) is 17.7 Å². The molecular formula is C18H17N3O3. The maximum atomic E-state index is 10.8. The van der Waals surface area contributed by atoms with Crippen molar-refractivity contribution in [3.05, 3.63) is 69.3 Å². The number of non-ortho nitro benzene ring substituents is 1. The van der Waals surface area contributed by atoms with Gasteiger partial charge in [-0.25, -0.2) is 0 Å². The van der Waals surface area contributed by atoms with Crippen LogP contribution in [0, 0.1) is 16.0 Å². The fourth-order valence-electron chi connectivity index (χ4n) is 3.61. The van der Waals surface area contributed by atoms with E-state index in [1.807, 2.05) is 18.2 Å². The van der Waals surface area contributed by atoms with Gasteiger partial charge in [-0.3, -0.25) is 10.1 Å². The van der Waals surface area contributed by atoms with Gasteiger partial charge < -0.3 is 10.2 Å². The molecule has 1 aliphatic carbocycles. The Morgan fingerprint density at radius 2 is 2.04 bits per heavy atom. The molecule has 1 aliphatic heterocycles. The van der Waals surface area contributed by atoms with E-state index in [-0.39, 0.29) is 22.6 Å². The molecular weight excluding hydrogens is 306 g/mol. The molecule has 2 aromatic rings. The van der Waals surface area contributed by atoms with Crippen LogP contribution in [0.15, 0.2) is 47.6 Å². The van der Waals surface area contributed by atoms with Crippen LogP contribution >= 0.6 is 0 Å². The lowest BCUT2D eigenvalue weighted by atomic mass is 9.77. The number of rotatable bonds is 3. The number of ether oxygens (including phenoxy) is 1. The molecule has 1 heterocycles. The Balaban J connectivity index is 1.62. The standard InChI is InChI=1S/C18H17N3O3/c1-24-14-7-9-15-12(10-14)4-8-16-17(19-20-18(15)16)11-2-5-13(6-3-11)21(22)23/h2-3,5-7,9-10,16-17,19H,4,8H2,1H3/t16-,17+/m1/s1. The van der Waals surface area contributed by atoms with Crippen LogP contribution in [0.25, 0.3) is 0 Å². The minimum absolute atomic E-state index is 0.0658. The van der Waals surface area contributed by atoms with Crippen LogP contribution < -0.4 is 10.2 Å². The lowest BCUT2D eigenvalue weighted by molar-refractivity contribution is -0.384. The van der Waals surface area contributed by atoms with Crippen molar-refractivity contribution in [3.63, 3.8) is 0 Å². The molecule has 6 heteroatoms. The van der Waals surface area contributed by atoms with E-state index in [0.29, 0.717) is 0 Å². The van der Waals surface area contributed by atoms with Gasteiger partial charge in [-0.1, -0.05) is 12.1 Å². The zero-order chi connectivity index (χ0) is 16.7. The molecule has 0 saturated carbocycles. The van der Waals surface area contributed by atoms with E-state index >= 15 is 0 Å². The summed E-state index contributed by atoms with van der Waals surface area (Å²) in [4.78, 5) is 10.4. The van der Waals surface area contributed by atoms with Gasteiger partial charge in [0.2, 0.25) is 0 Å². The zero-order valence-electron chi connectivity index (χ0n) is 13.2. The second-order valence-electron chi connectivity index (χ2n) is 6.12.